The summed E-state index contributed by atoms with van der Waals surface area (Å²) in [5, 5.41) is 6.43. The van der Waals surface area contributed by atoms with Crippen LogP contribution in [0.1, 0.15) is 33.1 Å². The monoisotopic (exact) mass is 283 g/mol. The number of morpholine rings is 1. The number of hydrogen-bond donors (Lipinski definition) is 2. The number of rotatable bonds is 6. The van der Waals surface area contributed by atoms with Gasteiger partial charge in [0.1, 0.15) is 0 Å². The van der Waals surface area contributed by atoms with Gasteiger partial charge in [0.05, 0.1) is 13.2 Å². The summed E-state index contributed by atoms with van der Waals surface area (Å²) in [6.07, 6.45) is 3.10. The van der Waals surface area contributed by atoms with Crippen molar-refractivity contribution < 1.29 is 9.53 Å². The van der Waals surface area contributed by atoms with E-state index in [4.69, 9.17) is 4.74 Å². The van der Waals surface area contributed by atoms with Gasteiger partial charge in [0.2, 0.25) is 5.91 Å². The van der Waals surface area contributed by atoms with E-state index in [0.717, 1.165) is 19.7 Å². The van der Waals surface area contributed by atoms with E-state index in [1.54, 1.807) is 0 Å². The molecule has 2 fully saturated rings. The van der Waals surface area contributed by atoms with Crippen molar-refractivity contribution in [1.29, 1.82) is 0 Å². The Bertz CT molecular complexity index is 297. The molecule has 0 spiro atoms. The van der Waals surface area contributed by atoms with Gasteiger partial charge in [-0.2, -0.15) is 0 Å². The lowest BCUT2D eigenvalue weighted by atomic mass is 10.0. The lowest BCUT2D eigenvalue weighted by molar-refractivity contribution is -0.122. The fourth-order valence-electron chi connectivity index (χ4n) is 3.12. The molecule has 116 valence electrons. The van der Waals surface area contributed by atoms with Crippen LogP contribution in [0.25, 0.3) is 0 Å². The van der Waals surface area contributed by atoms with E-state index < -0.39 is 0 Å². The first-order chi connectivity index (χ1) is 9.66. The van der Waals surface area contributed by atoms with Gasteiger partial charge in [0, 0.05) is 31.6 Å². The molecular weight excluding hydrogens is 254 g/mol. The van der Waals surface area contributed by atoms with Crippen molar-refractivity contribution in [3.63, 3.8) is 0 Å². The highest BCUT2D eigenvalue weighted by molar-refractivity contribution is 5.76. The zero-order valence-electron chi connectivity index (χ0n) is 12.9. The number of nitrogens with one attached hydrogen (secondary N) is 2. The van der Waals surface area contributed by atoms with Gasteiger partial charge in [0.25, 0.3) is 0 Å². The molecule has 2 heterocycles. The molecule has 0 aliphatic carbocycles. The third-order valence-electron chi connectivity index (χ3n) is 4.32. The Morgan fingerprint density at radius 3 is 2.75 bits per heavy atom. The normalized spacial score (nSPS) is 25.9. The number of carbonyl (C=O) groups is 1. The molecule has 2 atom stereocenters. The Morgan fingerprint density at radius 1 is 1.40 bits per heavy atom. The second kappa shape index (κ2) is 7.96. The quantitative estimate of drug-likeness (QED) is 0.749. The van der Waals surface area contributed by atoms with E-state index in [0.29, 0.717) is 25.0 Å². The van der Waals surface area contributed by atoms with Crippen LogP contribution < -0.4 is 10.6 Å². The fraction of sp³-hybridized carbons (Fsp3) is 0.933. The number of likely N-dealkylation sites (tertiary alicyclic amines) is 1. The number of nitrogens with zero attached hydrogens (tertiary/aromatic N) is 1. The summed E-state index contributed by atoms with van der Waals surface area (Å²) in [4.78, 5) is 14.5. The predicted molar refractivity (Wildman–Crippen MR) is 79.7 cm³/mol. The molecule has 0 aromatic rings. The summed E-state index contributed by atoms with van der Waals surface area (Å²) < 4.78 is 5.38. The van der Waals surface area contributed by atoms with Gasteiger partial charge < -0.3 is 15.4 Å². The second-order valence-electron chi connectivity index (χ2n) is 6.29. The van der Waals surface area contributed by atoms with E-state index in [1.165, 1.54) is 25.9 Å². The maximum absolute atomic E-state index is 12.0. The van der Waals surface area contributed by atoms with Crippen LogP contribution in [-0.4, -0.2) is 62.3 Å². The molecule has 2 N–H and O–H groups in total. The van der Waals surface area contributed by atoms with Gasteiger partial charge >= 0.3 is 0 Å². The van der Waals surface area contributed by atoms with Gasteiger partial charge in [-0.15, -0.1) is 0 Å². The highest BCUT2D eigenvalue weighted by atomic mass is 16.5. The largest absolute Gasteiger partial charge is 0.378 e. The molecule has 0 aromatic carbocycles. The summed E-state index contributed by atoms with van der Waals surface area (Å²) in [6.45, 7) is 9.85. The van der Waals surface area contributed by atoms with Crippen molar-refractivity contribution in [2.24, 2.45) is 5.92 Å². The molecule has 2 aliphatic heterocycles. The molecule has 20 heavy (non-hydrogen) atoms. The number of carbonyl (C=O) groups excluding carboxylic acids is 1. The molecule has 2 rings (SSSR count). The first kappa shape index (κ1) is 15.7. The van der Waals surface area contributed by atoms with Crippen molar-refractivity contribution in [1.82, 2.24) is 15.5 Å². The SMILES string of the molecule is CC(C)C(CNC(=O)CC1COCCN1)N1CCCC1. The second-order valence-corrected chi connectivity index (χ2v) is 6.29. The minimum Gasteiger partial charge on any atom is -0.378 e. The number of ether oxygens (including phenoxy) is 1. The first-order valence-corrected chi connectivity index (χ1v) is 7.98. The lowest BCUT2D eigenvalue weighted by Crippen LogP contribution is -2.48. The smallest absolute Gasteiger partial charge is 0.221 e. The zero-order valence-corrected chi connectivity index (χ0v) is 12.9. The standard InChI is InChI=1S/C15H29N3O2/c1-12(2)14(18-6-3-4-7-18)10-17-15(19)9-13-11-20-8-5-16-13/h12-14,16H,3-11H2,1-2H3,(H,17,19). The molecule has 2 saturated heterocycles. The van der Waals surface area contributed by atoms with E-state index in [9.17, 15) is 4.79 Å². The van der Waals surface area contributed by atoms with Gasteiger partial charge in [0.15, 0.2) is 0 Å². The van der Waals surface area contributed by atoms with Crippen LogP contribution in [0.3, 0.4) is 0 Å². The Labute approximate surface area is 122 Å². The van der Waals surface area contributed by atoms with Gasteiger partial charge in [-0.1, -0.05) is 13.8 Å². The molecule has 5 heteroatoms. The molecule has 2 unspecified atom stereocenters. The highest BCUT2D eigenvalue weighted by Crippen LogP contribution is 2.17. The summed E-state index contributed by atoms with van der Waals surface area (Å²) in [5.74, 6) is 0.711. The average molecular weight is 283 g/mol. The zero-order chi connectivity index (χ0) is 14.4. The maximum atomic E-state index is 12.0. The number of amides is 1. The van der Waals surface area contributed by atoms with E-state index in [1.807, 2.05) is 0 Å². The number of hydrogen-bond acceptors (Lipinski definition) is 4. The van der Waals surface area contributed by atoms with Crippen LogP contribution in [0, 0.1) is 5.92 Å². The molecule has 2 aliphatic rings. The Balaban J connectivity index is 1.72. The van der Waals surface area contributed by atoms with E-state index in [-0.39, 0.29) is 11.9 Å². The highest BCUT2D eigenvalue weighted by Gasteiger charge is 2.25. The van der Waals surface area contributed by atoms with Gasteiger partial charge in [-0.3, -0.25) is 9.69 Å². The van der Waals surface area contributed by atoms with Crippen LogP contribution in [0.2, 0.25) is 0 Å². The molecule has 0 radical (unpaired) electrons. The minimum absolute atomic E-state index is 0.137. The molecular formula is C15H29N3O2. The molecule has 0 bridgehead atoms. The fourth-order valence-corrected chi connectivity index (χ4v) is 3.12. The first-order valence-electron chi connectivity index (χ1n) is 7.98. The lowest BCUT2D eigenvalue weighted by Gasteiger charge is -2.31. The minimum atomic E-state index is 0.137. The Morgan fingerprint density at radius 2 is 2.15 bits per heavy atom. The maximum Gasteiger partial charge on any atom is 0.221 e. The third-order valence-corrected chi connectivity index (χ3v) is 4.32. The van der Waals surface area contributed by atoms with Crippen LogP contribution in [0.4, 0.5) is 0 Å². The van der Waals surface area contributed by atoms with Crippen molar-refractivity contribution in [2.75, 3.05) is 39.4 Å². The van der Waals surface area contributed by atoms with E-state index in [2.05, 4.69) is 29.4 Å². The van der Waals surface area contributed by atoms with Gasteiger partial charge in [-0.25, -0.2) is 0 Å². The summed E-state index contributed by atoms with van der Waals surface area (Å²) in [5.41, 5.74) is 0. The topological polar surface area (TPSA) is 53.6 Å². The molecule has 1 amide bonds. The Hall–Kier alpha value is -0.650. The molecule has 0 aromatic heterocycles. The van der Waals surface area contributed by atoms with Crippen LogP contribution in [-0.2, 0) is 9.53 Å². The van der Waals surface area contributed by atoms with Crippen molar-refractivity contribution in [2.45, 2.75) is 45.2 Å². The van der Waals surface area contributed by atoms with Gasteiger partial charge in [-0.05, 0) is 31.8 Å². The average Bonchev–Trinajstić information content (AvgIpc) is 2.93. The summed E-state index contributed by atoms with van der Waals surface area (Å²) in [6, 6.07) is 0.644. The third kappa shape index (κ3) is 4.72. The molecule has 0 saturated carbocycles. The van der Waals surface area contributed by atoms with Crippen LogP contribution in [0.15, 0.2) is 0 Å². The van der Waals surface area contributed by atoms with E-state index >= 15 is 0 Å². The summed E-state index contributed by atoms with van der Waals surface area (Å²) in [7, 11) is 0. The van der Waals surface area contributed by atoms with Crippen molar-refractivity contribution in [3.8, 4) is 0 Å². The predicted octanol–water partition coefficient (Wildman–Crippen LogP) is 0.602. The Kier molecular flexibility index (Phi) is 6.26. The van der Waals surface area contributed by atoms with Crippen LogP contribution >= 0.6 is 0 Å². The summed E-state index contributed by atoms with van der Waals surface area (Å²) >= 11 is 0. The van der Waals surface area contributed by atoms with Crippen LogP contribution in [0.5, 0.6) is 0 Å². The van der Waals surface area contributed by atoms with Crippen molar-refractivity contribution in [3.05, 3.63) is 0 Å². The van der Waals surface area contributed by atoms with Crippen molar-refractivity contribution >= 4 is 5.91 Å². The molecule has 5 nitrogen and oxygen atoms in total.